The van der Waals surface area contributed by atoms with Crippen molar-refractivity contribution in [2.45, 2.75) is 57.1 Å². The molecule has 0 radical (unpaired) electrons. The van der Waals surface area contributed by atoms with Gasteiger partial charge in [-0.2, -0.15) is 0 Å². The average molecular weight is 317 g/mol. The summed E-state index contributed by atoms with van der Waals surface area (Å²) in [4.78, 5) is 11.7. The van der Waals surface area contributed by atoms with E-state index >= 15 is 0 Å². The Morgan fingerprint density at radius 3 is 2.57 bits per heavy atom. The predicted octanol–water partition coefficient (Wildman–Crippen LogP) is 2.07. The summed E-state index contributed by atoms with van der Waals surface area (Å²) in [6, 6.07) is 0. The Morgan fingerprint density at radius 2 is 1.90 bits per heavy atom. The van der Waals surface area contributed by atoms with Gasteiger partial charge in [0.1, 0.15) is 0 Å². The fourth-order valence-corrected chi connectivity index (χ4v) is 5.64. The number of methoxy groups -OCH3 is 1. The van der Waals surface area contributed by atoms with E-state index in [2.05, 4.69) is 11.6 Å². The van der Waals surface area contributed by atoms with Gasteiger partial charge in [-0.15, -0.1) is 0 Å². The van der Waals surface area contributed by atoms with Gasteiger partial charge in [-0.25, -0.2) is 13.1 Å². The van der Waals surface area contributed by atoms with Crippen LogP contribution in [0.1, 0.15) is 51.9 Å². The molecule has 122 valence electrons. The maximum Gasteiger partial charge on any atom is 0.310 e. The third-order valence-electron chi connectivity index (χ3n) is 4.97. The highest BCUT2D eigenvalue weighted by Gasteiger charge is 2.42. The van der Waals surface area contributed by atoms with Gasteiger partial charge < -0.3 is 4.74 Å². The van der Waals surface area contributed by atoms with Crippen molar-refractivity contribution in [2.75, 3.05) is 13.7 Å². The van der Waals surface area contributed by atoms with Gasteiger partial charge in [0.2, 0.25) is 10.0 Å². The van der Waals surface area contributed by atoms with E-state index in [1.54, 1.807) is 0 Å². The molecule has 21 heavy (non-hydrogen) atoms. The summed E-state index contributed by atoms with van der Waals surface area (Å²) in [5.41, 5.74) is 0. The smallest absolute Gasteiger partial charge is 0.310 e. The second-order valence-electron chi connectivity index (χ2n) is 6.63. The van der Waals surface area contributed by atoms with Crippen molar-refractivity contribution in [3.63, 3.8) is 0 Å². The lowest BCUT2D eigenvalue weighted by molar-refractivity contribution is -0.145. The molecule has 4 unspecified atom stereocenters. The predicted molar refractivity (Wildman–Crippen MR) is 81.2 cm³/mol. The van der Waals surface area contributed by atoms with E-state index in [-0.39, 0.29) is 0 Å². The number of hydrogen-bond acceptors (Lipinski definition) is 4. The van der Waals surface area contributed by atoms with Crippen molar-refractivity contribution in [3.05, 3.63) is 0 Å². The van der Waals surface area contributed by atoms with Gasteiger partial charge in [-0.3, -0.25) is 4.79 Å². The number of ether oxygens (including phenoxy) is 1. The Kier molecular flexibility index (Phi) is 5.66. The second-order valence-corrected chi connectivity index (χ2v) is 8.61. The van der Waals surface area contributed by atoms with Crippen LogP contribution in [0.5, 0.6) is 0 Å². The molecule has 0 bridgehead atoms. The fraction of sp³-hybridized carbons (Fsp3) is 0.933. The molecule has 6 heteroatoms. The van der Waals surface area contributed by atoms with Crippen LogP contribution in [0.4, 0.5) is 0 Å². The highest BCUT2D eigenvalue weighted by molar-refractivity contribution is 7.90. The van der Waals surface area contributed by atoms with E-state index < -0.39 is 27.2 Å². The number of hydrogen-bond donors (Lipinski definition) is 1. The van der Waals surface area contributed by atoms with Crippen molar-refractivity contribution in [2.24, 2.45) is 17.8 Å². The van der Waals surface area contributed by atoms with Crippen LogP contribution in [0.25, 0.3) is 0 Å². The molecular formula is C15H27NO4S. The minimum absolute atomic E-state index is 0.394. The van der Waals surface area contributed by atoms with E-state index in [1.807, 2.05) is 0 Å². The summed E-state index contributed by atoms with van der Waals surface area (Å²) >= 11 is 0. The van der Waals surface area contributed by atoms with Crippen LogP contribution in [0.3, 0.4) is 0 Å². The van der Waals surface area contributed by atoms with Gasteiger partial charge in [-0.05, 0) is 37.5 Å². The van der Waals surface area contributed by atoms with Crippen LogP contribution in [-0.2, 0) is 19.6 Å². The Bertz CT molecular complexity index is 462. The maximum atomic E-state index is 12.5. The molecule has 0 amide bonds. The summed E-state index contributed by atoms with van der Waals surface area (Å²) < 4.78 is 32.4. The summed E-state index contributed by atoms with van der Waals surface area (Å²) in [6.07, 6.45) is 6.55. The van der Waals surface area contributed by atoms with Gasteiger partial charge in [0.25, 0.3) is 0 Å². The summed E-state index contributed by atoms with van der Waals surface area (Å²) in [5, 5.41) is -0.619. The molecule has 2 aliphatic rings. The van der Waals surface area contributed by atoms with Crippen LogP contribution in [0, 0.1) is 17.8 Å². The van der Waals surface area contributed by atoms with E-state index in [0.29, 0.717) is 31.2 Å². The minimum atomic E-state index is -3.43. The molecule has 2 fully saturated rings. The third kappa shape index (κ3) is 4.19. The monoisotopic (exact) mass is 317 g/mol. The third-order valence-corrected chi connectivity index (χ3v) is 6.90. The Labute approximate surface area is 127 Å². The van der Waals surface area contributed by atoms with Gasteiger partial charge in [0.15, 0.2) is 0 Å². The summed E-state index contributed by atoms with van der Waals surface area (Å²) in [6.45, 7) is 2.74. The molecule has 0 saturated heterocycles. The van der Waals surface area contributed by atoms with E-state index in [4.69, 9.17) is 4.74 Å². The normalized spacial score (nSPS) is 33.8. The molecule has 0 aromatic carbocycles. The molecule has 5 nitrogen and oxygen atoms in total. The molecule has 1 N–H and O–H groups in total. The standard InChI is InChI=1S/C15H27NO4S/c1-11-5-3-6-12(9-11)10-16-21(18,19)14-8-4-7-13(14)15(17)20-2/h11-14,16H,3-10H2,1-2H3. The van der Waals surface area contributed by atoms with Crippen molar-refractivity contribution in [3.8, 4) is 0 Å². The molecule has 0 aromatic heterocycles. The van der Waals surface area contributed by atoms with Gasteiger partial charge in [-0.1, -0.05) is 26.2 Å². The first-order valence-corrected chi connectivity index (χ1v) is 9.55. The SMILES string of the molecule is COC(=O)C1CCCC1S(=O)(=O)NCC1CCCC(C)C1. The lowest BCUT2D eigenvalue weighted by atomic mass is 9.83. The summed E-state index contributed by atoms with van der Waals surface area (Å²) in [5.74, 6) is 0.219. The molecule has 0 aliphatic heterocycles. The van der Waals surface area contributed by atoms with Crippen molar-refractivity contribution in [1.29, 1.82) is 0 Å². The van der Waals surface area contributed by atoms with Crippen LogP contribution >= 0.6 is 0 Å². The number of esters is 1. The first-order valence-electron chi connectivity index (χ1n) is 8.00. The molecule has 2 aliphatic carbocycles. The Morgan fingerprint density at radius 1 is 1.19 bits per heavy atom. The second kappa shape index (κ2) is 7.09. The first-order chi connectivity index (χ1) is 9.94. The highest BCUT2D eigenvalue weighted by atomic mass is 32.2. The first kappa shape index (κ1) is 16.7. The average Bonchev–Trinajstić information content (AvgIpc) is 2.95. The minimum Gasteiger partial charge on any atom is -0.469 e. The number of sulfonamides is 1. The van der Waals surface area contributed by atoms with E-state index in [0.717, 1.165) is 19.3 Å². The van der Waals surface area contributed by atoms with Crippen molar-refractivity contribution in [1.82, 2.24) is 4.72 Å². The highest BCUT2D eigenvalue weighted by Crippen LogP contribution is 2.32. The van der Waals surface area contributed by atoms with E-state index in [9.17, 15) is 13.2 Å². The molecular weight excluding hydrogens is 290 g/mol. The Hall–Kier alpha value is -0.620. The van der Waals surface area contributed by atoms with Gasteiger partial charge in [0, 0.05) is 6.54 Å². The van der Waals surface area contributed by atoms with Crippen molar-refractivity contribution >= 4 is 16.0 Å². The maximum absolute atomic E-state index is 12.5. The van der Waals surface area contributed by atoms with E-state index in [1.165, 1.54) is 20.0 Å². The topological polar surface area (TPSA) is 72.5 Å². The number of carbonyl (C=O) groups is 1. The Balaban J connectivity index is 1.93. The molecule has 0 spiro atoms. The molecule has 0 heterocycles. The zero-order chi connectivity index (χ0) is 15.5. The summed E-state index contributed by atoms with van der Waals surface area (Å²) in [7, 11) is -2.11. The zero-order valence-corrected chi connectivity index (χ0v) is 13.8. The lowest BCUT2D eigenvalue weighted by Gasteiger charge is -2.27. The van der Waals surface area contributed by atoms with Gasteiger partial charge in [0.05, 0.1) is 18.3 Å². The fourth-order valence-electron chi connectivity index (χ4n) is 3.80. The van der Waals surface area contributed by atoms with Gasteiger partial charge >= 0.3 is 5.97 Å². The number of carbonyl (C=O) groups excluding carboxylic acids is 1. The molecule has 4 atom stereocenters. The molecule has 2 rings (SSSR count). The molecule has 0 aromatic rings. The van der Waals surface area contributed by atoms with Crippen LogP contribution in [0.2, 0.25) is 0 Å². The molecule has 2 saturated carbocycles. The number of nitrogens with one attached hydrogen (secondary N) is 1. The van der Waals surface area contributed by atoms with Crippen LogP contribution in [-0.4, -0.2) is 33.3 Å². The zero-order valence-electron chi connectivity index (χ0n) is 13.0. The van der Waals surface area contributed by atoms with Crippen molar-refractivity contribution < 1.29 is 17.9 Å². The number of rotatable bonds is 5. The quantitative estimate of drug-likeness (QED) is 0.788. The largest absolute Gasteiger partial charge is 0.469 e. The lowest BCUT2D eigenvalue weighted by Crippen LogP contribution is -2.41. The van der Waals surface area contributed by atoms with Crippen LogP contribution in [0.15, 0.2) is 0 Å². The van der Waals surface area contributed by atoms with Crippen LogP contribution < -0.4 is 4.72 Å².